The number of hydrogen-bond acceptors (Lipinski definition) is 4. The molecule has 1 aromatic rings. The van der Waals surface area contributed by atoms with E-state index in [4.69, 9.17) is 4.74 Å². The average Bonchev–Trinajstić information content (AvgIpc) is 3.62. The van der Waals surface area contributed by atoms with E-state index in [0.29, 0.717) is 30.0 Å². The van der Waals surface area contributed by atoms with Crippen LogP contribution < -0.4 is 10.6 Å². The number of fused-ring (bicyclic) bond motifs is 1. The second-order valence-electron chi connectivity index (χ2n) is 13.7. The minimum Gasteiger partial charge on any atom is -0.359 e. The molecule has 2 N–H and O–H groups in total. The van der Waals surface area contributed by atoms with Crippen molar-refractivity contribution in [1.82, 2.24) is 10.2 Å². The summed E-state index contributed by atoms with van der Waals surface area (Å²) in [5, 5.41) is 6.41. The quantitative estimate of drug-likeness (QED) is 0.389. The first-order valence-corrected chi connectivity index (χ1v) is 16.3. The Morgan fingerprint density at radius 2 is 1.86 bits per heavy atom. The Kier molecular flexibility index (Phi) is 8.07. The third-order valence-electron chi connectivity index (χ3n) is 10.9. The van der Waals surface area contributed by atoms with Crippen molar-refractivity contribution in [3.05, 3.63) is 53.6 Å². The fourth-order valence-electron chi connectivity index (χ4n) is 8.13. The molecule has 3 aliphatic heterocycles. The van der Waals surface area contributed by atoms with Gasteiger partial charge in [0, 0.05) is 18.3 Å². The molecule has 0 radical (unpaired) electrons. The normalized spacial score (nSPS) is 35.4. The minimum atomic E-state index is -1.13. The van der Waals surface area contributed by atoms with Crippen LogP contribution in [-0.2, 0) is 19.1 Å². The van der Waals surface area contributed by atoms with E-state index in [9.17, 15) is 14.4 Å². The summed E-state index contributed by atoms with van der Waals surface area (Å²) in [6.45, 7) is 9.21. The van der Waals surface area contributed by atoms with Gasteiger partial charge in [-0.15, -0.1) is 0 Å². The van der Waals surface area contributed by atoms with E-state index in [1.165, 1.54) is 30.4 Å². The second-order valence-corrected chi connectivity index (χ2v) is 13.7. The Bertz CT molecular complexity index is 1270. The van der Waals surface area contributed by atoms with Crippen LogP contribution in [0.4, 0.5) is 5.69 Å². The van der Waals surface area contributed by atoms with Gasteiger partial charge in [0.1, 0.15) is 11.6 Å². The molecule has 1 spiro atoms. The Labute approximate surface area is 250 Å². The summed E-state index contributed by atoms with van der Waals surface area (Å²) in [5.74, 6) is -0.623. The highest BCUT2D eigenvalue weighted by atomic mass is 16.5. The van der Waals surface area contributed by atoms with Crippen molar-refractivity contribution in [3.63, 3.8) is 0 Å². The number of nitrogens with one attached hydrogen (secondary N) is 2. The van der Waals surface area contributed by atoms with E-state index in [-0.39, 0.29) is 23.8 Å². The van der Waals surface area contributed by atoms with Crippen molar-refractivity contribution >= 4 is 23.4 Å². The molecule has 1 saturated carbocycles. The molecule has 6 unspecified atom stereocenters. The monoisotopic (exact) mass is 573 g/mol. The number of carbonyl (C=O) groups is 3. The zero-order valence-electron chi connectivity index (χ0n) is 25.6. The lowest BCUT2D eigenvalue weighted by atomic mass is 9.73. The fraction of sp³-hybridized carbons (Fsp3) is 0.629. The maximum Gasteiger partial charge on any atom is 0.246 e. The van der Waals surface area contributed by atoms with Gasteiger partial charge >= 0.3 is 0 Å². The van der Waals surface area contributed by atoms with Gasteiger partial charge in [-0.3, -0.25) is 14.4 Å². The summed E-state index contributed by atoms with van der Waals surface area (Å²) < 4.78 is 6.56. The van der Waals surface area contributed by atoms with Crippen molar-refractivity contribution in [2.45, 2.75) is 109 Å². The van der Waals surface area contributed by atoms with Gasteiger partial charge < -0.3 is 20.3 Å². The van der Waals surface area contributed by atoms with Crippen LogP contribution in [0.2, 0.25) is 0 Å². The van der Waals surface area contributed by atoms with Gasteiger partial charge in [-0.2, -0.15) is 0 Å². The van der Waals surface area contributed by atoms with Crippen molar-refractivity contribution in [1.29, 1.82) is 0 Å². The van der Waals surface area contributed by atoms with Gasteiger partial charge in [-0.05, 0) is 74.0 Å². The molecule has 3 heterocycles. The molecule has 0 aromatic heterocycles. The van der Waals surface area contributed by atoms with Crippen LogP contribution in [0.25, 0.3) is 0 Å². The number of anilines is 1. The fourth-order valence-corrected chi connectivity index (χ4v) is 8.13. The predicted octanol–water partition coefficient (Wildman–Crippen LogP) is 5.73. The summed E-state index contributed by atoms with van der Waals surface area (Å²) in [4.78, 5) is 44.0. The molecule has 226 valence electrons. The number of allylic oxidation sites excluding steroid dienone is 1. The average molecular weight is 574 g/mol. The third-order valence-corrected chi connectivity index (χ3v) is 10.9. The van der Waals surface area contributed by atoms with E-state index in [2.05, 4.69) is 44.4 Å². The summed E-state index contributed by atoms with van der Waals surface area (Å²) >= 11 is 0. The lowest BCUT2D eigenvalue weighted by molar-refractivity contribution is -0.141. The number of carbonyl (C=O) groups excluding carboxylic acids is 3. The van der Waals surface area contributed by atoms with E-state index in [1.807, 2.05) is 36.4 Å². The van der Waals surface area contributed by atoms with Gasteiger partial charge in [-0.1, -0.05) is 76.5 Å². The van der Waals surface area contributed by atoms with Crippen molar-refractivity contribution < 1.29 is 19.1 Å². The van der Waals surface area contributed by atoms with Crippen LogP contribution in [0.3, 0.4) is 0 Å². The van der Waals surface area contributed by atoms with Gasteiger partial charge in [0.2, 0.25) is 17.7 Å². The number of benzene rings is 1. The lowest BCUT2D eigenvalue weighted by Crippen LogP contribution is -2.58. The number of likely N-dealkylation sites (tertiary alicyclic amines) is 1. The second kappa shape index (κ2) is 11.6. The first-order chi connectivity index (χ1) is 20.2. The van der Waals surface area contributed by atoms with Gasteiger partial charge in [-0.25, -0.2) is 0 Å². The SMILES string of the molecule is CC(C)c1ccc(NC(=O)C2[C@H]3C=CC4(O3)C(C(=O)NC3CCCC(C)C3C)N(CCC3=CCCCC3)C(=O)[C@@H]24)cc1. The first-order valence-electron chi connectivity index (χ1n) is 16.3. The highest BCUT2D eigenvalue weighted by Gasteiger charge is 2.72. The number of rotatable bonds is 8. The number of amides is 3. The highest BCUT2D eigenvalue weighted by molar-refractivity contribution is 6.02. The van der Waals surface area contributed by atoms with Crippen LogP contribution >= 0.6 is 0 Å². The van der Waals surface area contributed by atoms with Crippen molar-refractivity contribution in [3.8, 4) is 0 Å². The van der Waals surface area contributed by atoms with Gasteiger partial charge in [0.25, 0.3) is 0 Å². The first kappa shape index (κ1) is 29.2. The summed E-state index contributed by atoms with van der Waals surface area (Å²) in [5.41, 5.74) is 2.13. The largest absolute Gasteiger partial charge is 0.359 e. The maximum absolute atomic E-state index is 14.3. The Balaban J connectivity index is 1.27. The van der Waals surface area contributed by atoms with Crippen LogP contribution in [0.1, 0.15) is 90.5 Å². The number of nitrogens with zero attached hydrogens (tertiary/aromatic N) is 1. The topological polar surface area (TPSA) is 87.7 Å². The van der Waals surface area contributed by atoms with E-state index in [0.717, 1.165) is 32.1 Å². The number of ether oxygens (including phenoxy) is 1. The lowest BCUT2D eigenvalue weighted by Gasteiger charge is -2.38. The minimum absolute atomic E-state index is 0.0743. The summed E-state index contributed by atoms with van der Waals surface area (Å²) in [7, 11) is 0. The maximum atomic E-state index is 14.3. The molecule has 7 nitrogen and oxygen atoms in total. The molecule has 3 fully saturated rings. The van der Waals surface area contributed by atoms with E-state index in [1.54, 1.807) is 4.90 Å². The van der Waals surface area contributed by atoms with Crippen molar-refractivity contribution in [2.75, 3.05) is 11.9 Å². The smallest absolute Gasteiger partial charge is 0.246 e. The van der Waals surface area contributed by atoms with Crippen LogP contribution in [0.15, 0.2) is 48.1 Å². The molecule has 5 aliphatic rings. The van der Waals surface area contributed by atoms with E-state index >= 15 is 0 Å². The molecule has 2 saturated heterocycles. The number of hydrogen-bond donors (Lipinski definition) is 2. The molecule has 3 amide bonds. The molecule has 2 aliphatic carbocycles. The van der Waals surface area contributed by atoms with Gasteiger partial charge in [0.05, 0.1) is 17.9 Å². The third kappa shape index (κ3) is 5.12. The summed E-state index contributed by atoms with van der Waals surface area (Å²) in [6, 6.07) is 7.16. The molecule has 8 atom stereocenters. The molecular formula is C35H47N3O4. The zero-order valence-corrected chi connectivity index (χ0v) is 25.6. The van der Waals surface area contributed by atoms with Crippen LogP contribution in [0, 0.1) is 23.7 Å². The Hall–Kier alpha value is -2.93. The molecule has 2 bridgehead atoms. The molecule has 7 heteroatoms. The van der Waals surface area contributed by atoms with Gasteiger partial charge in [0.15, 0.2) is 0 Å². The molecule has 6 rings (SSSR count). The standard InChI is InChI=1S/C35H47N3O4/c1-21(2)25-13-15-26(16-14-25)36-32(39)29-28-17-19-35(42-28)30(29)34(41)38(20-18-24-10-6-5-7-11-24)31(35)33(40)37-27-12-8-9-22(3)23(27)4/h10,13-17,19,21-23,27-31H,5-9,11-12,18,20H2,1-4H3,(H,36,39)(H,37,40)/t22?,23?,27?,28-,29?,30-,31?,35?/m1/s1. The Morgan fingerprint density at radius 3 is 2.57 bits per heavy atom. The van der Waals surface area contributed by atoms with E-state index < -0.39 is 29.6 Å². The molecule has 1 aromatic carbocycles. The zero-order chi connectivity index (χ0) is 29.6. The predicted molar refractivity (Wildman–Crippen MR) is 164 cm³/mol. The molecule has 42 heavy (non-hydrogen) atoms. The Morgan fingerprint density at radius 1 is 1.07 bits per heavy atom. The van der Waals surface area contributed by atoms with Crippen LogP contribution in [-0.4, -0.2) is 53.0 Å². The molecular weight excluding hydrogens is 526 g/mol. The van der Waals surface area contributed by atoms with Crippen molar-refractivity contribution in [2.24, 2.45) is 23.7 Å². The highest BCUT2D eigenvalue weighted by Crippen LogP contribution is 2.55. The summed E-state index contributed by atoms with van der Waals surface area (Å²) in [6.07, 6.45) is 14.0. The van der Waals surface area contributed by atoms with Crippen LogP contribution in [0.5, 0.6) is 0 Å².